The highest BCUT2D eigenvalue weighted by Crippen LogP contribution is 2.64. The van der Waals surface area contributed by atoms with Gasteiger partial charge in [-0.2, -0.15) is 15.0 Å². The molecule has 0 radical (unpaired) electrons. The minimum absolute atomic E-state index is 0.142. The third-order valence-electron chi connectivity index (χ3n) is 10.2. The number of rotatable bonds is 3. The summed E-state index contributed by atoms with van der Waals surface area (Å²) in [6.07, 6.45) is 15.8. The third-order valence-corrected chi connectivity index (χ3v) is 10.2. The second-order valence-corrected chi connectivity index (χ2v) is 12.0. The Morgan fingerprint density at radius 2 is 1.78 bits per heavy atom. The monoisotopic (exact) mass is 435 g/mol. The summed E-state index contributed by atoms with van der Waals surface area (Å²) in [5.74, 6) is 11.3. The van der Waals surface area contributed by atoms with Crippen LogP contribution in [0.15, 0.2) is 12.4 Å². The Hall–Kier alpha value is -1.67. The minimum Gasteiger partial charge on any atom is -0.378 e. The molecule has 8 atom stereocenters. The maximum Gasteiger partial charge on any atom is 0.159 e. The van der Waals surface area contributed by atoms with Gasteiger partial charge >= 0.3 is 0 Å². The van der Waals surface area contributed by atoms with Crippen LogP contribution < -0.4 is 0 Å². The quantitative estimate of drug-likeness (QED) is 0.721. The summed E-state index contributed by atoms with van der Waals surface area (Å²) in [6, 6.07) is 0. The van der Waals surface area contributed by atoms with Crippen LogP contribution in [-0.4, -0.2) is 31.5 Å². The number of aliphatic hydroxyl groups is 1. The zero-order chi connectivity index (χ0) is 21.9. The van der Waals surface area contributed by atoms with Gasteiger partial charge in [0.25, 0.3) is 0 Å². The Morgan fingerprint density at radius 1 is 1.00 bits per heavy atom. The summed E-state index contributed by atoms with van der Waals surface area (Å²) < 4.78 is 0. The summed E-state index contributed by atoms with van der Waals surface area (Å²) in [7, 11) is 0. The molecule has 0 amide bonds. The highest BCUT2D eigenvalue weighted by atomic mass is 16.3. The molecule has 5 heteroatoms. The molecule has 5 fully saturated rings. The van der Waals surface area contributed by atoms with Gasteiger partial charge in [-0.25, -0.2) is 0 Å². The smallest absolute Gasteiger partial charge is 0.159 e. The van der Waals surface area contributed by atoms with Gasteiger partial charge in [-0.15, -0.1) is 0 Å². The maximum atomic E-state index is 13.2. The van der Waals surface area contributed by atoms with Crippen LogP contribution in [0.2, 0.25) is 0 Å². The molecular weight excluding hydrogens is 398 g/mol. The van der Waals surface area contributed by atoms with Crippen molar-refractivity contribution < 1.29 is 9.90 Å². The zero-order valence-electron chi connectivity index (χ0n) is 19.4. The first-order chi connectivity index (χ1) is 15.5. The van der Waals surface area contributed by atoms with Crippen LogP contribution in [0.4, 0.5) is 0 Å². The van der Waals surface area contributed by atoms with E-state index in [1.807, 2.05) is 0 Å². The van der Waals surface area contributed by atoms with Crippen LogP contribution in [0.25, 0.3) is 0 Å². The molecule has 0 saturated heterocycles. The number of fused-ring (bicyclic) bond motifs is 5. The first-order valence-corrected chi connectivity index (χ1v) is 13.1. The second kappa shape index (κ2) is 7.69. The van der Waals surface area contributed by atoms with Gasteiger partial charge in [-0.3, -0.25) is 4.79 Å². The molecule has 0 spiro atoms. The molecule has 0 unspecified atom stereocenters. The molecule has 6 rings (SSSR count). The number of Topliss-reactive ketones (excluding diaryl/α,β-unsaturated/α-hetero) is 1. The van der Waals surface area contributed by atoms with E-state index in [1.165, 1.54) is 44.9 Å². The average molecular weight is 436 g/mol. The molecule has 32 heavy (non-hydrogen) atoms. The molecule has 1 aromatic rings. The first kappa shape index (κ1) is 20.9. The zero-order valence-corrected chi connectivity index (χ0v) is 19.4. The van der Waals surface area contributed by atoms with E-state index < -0.39 is 5.60 Å². The van der Waals surface area contributed by atoms with E-state index in [-0.39, 0.29) is 11.3 Å². The second-order valence-electron chi connectivity index (χ2n) is 12.0. The molecule has 5 aliphatic carbocycles. The van der Waals surface area contributed by atoms with Crippen molar-refractivity contribution in [3.05, 3.63) is 12.4 Å². The van der Waals surface area contributed by atoms with Crippen molar-refractivity contribution in [2.24, 2.45) is 46.8 Å². The molecule has 5 saturated carbocycles. The Balaban J connectivity index is 1.15. The molecule has 172 valence electrons. The van der Waals surface area contributed by atoms with E-state index in [4.69, 9.17) is 0 Å². The fourth-order valence-electron chi connectivity index (χ4n) is 8.56. The highest BCUT2D eigenvalue weighted by Gasteiger charge is 2.59. The molecule has 0 bridgehead atoms. The molecule has 1 heterocycles. The Morgan fingerprint density at radius 3 is 2.56 bits per heavy atom. The summed E-state index contributed by atoms with van der Waals surface area (Å²) in [5, 5.41) is 19.5. The Bertz CT molecular complexity index is 928. The van der Waals surface area contributed by atoms with Gasteiger partial charge < -0.3 is 5.11 Å². The Kier molecular flexibility index (Phi) is 5.02. The van der Waals surface area contributed by atoms with Gasteiger partial charge in [-0.1, -0.05) is 18.8 Å². The van der Waals surface area contributed by atoms with E-state index in [2.05, 4.69) is 29.0 Å². The van der Waals surface area contributed by atoms with E-state index in [9.17, 15) is 9.90 Å². The minimum atomic E-state index is -0.731. The lowest BCUT2D eigenvalue weighted by atomic mass is 9.49. The normalized spacial score (nSPS) is 45.2. The summed E-state index contributed by atoms with van der Waals surface area (Å²) in [6.45, 7) is 2.73. The number of hydrogen-bond donors (Lipinski definition) is 1. The standard InChI is InChI=1S/C27H37N3O2/c1-26-11-9-21-20-10-13-27(32,12-8-18-2-3-18)16-19(20)4-5-22(21)23(26)6-7-24(26)25(31)17-30-28-14-15-29-30/h14-15,18-24,32H,2-7,9-11,13,16-17H2,1H3/t19-,20-,21+,22+,23-,24+,26-,27+/m0/s1. The highest BCUT2D eigenvalue weighted by molar-refractivity contribution is 5.81. The molecule has 0 aliphatic heterocycles. The van der Waals surface area contributed by atoms with Crippen LogP contribution in [0.3, 0.4) is 0 Å². The molecular formula is C27H37N3O2. The van der Waals surface area contributed by atoms with Crippen molar-refractivity contribution in [3.63, 3.8) is 0 Å². The lowest BCUT2D eigenvalue weighted by Gasteiger charge is -2.56. The fourth-order valence-corrected chi connectivity index (χ4v) is 8.56. The first-order valence-electron chi connectivity index (χ1n) is 13.1. The summed E-state index contributed by atoms with van der Waals surface area (Å²) >= 11 is 0. The van der Waals surface area contributed by atoms with Crippen molar-refractivity contribution in [3.8, 4) is 11.8 Å². The number of nitrogens with zero attached hydrogens (tertiary/aromatic N) is 3. The van der Waals surface area contributed by atoms with Crippen LogP contribution in [-0.2, 0) is 11.3 Å². The third kappa shape index (κ3) is 3.54. The SMILES string of the molecule is C[C@]12CC[C@H]3[C@@H](CC[C@H]4C[C@@](O)(C#CC5CC5)CC[C@@H]43)[C@@H]1CC[C@@H]2C(=O)Cn1nccn1. The largest absolute Gasteiger partial charge is 0.378 e. The topological polar surface area (TPSA) is 68.0 Å². The lowest BCUT2D eigenvalue weighted by molar-refractivity contribution is -0.132. The number of hydrogen-bond acceptors (Lipinski definition) is 4. The van der Waals surface area contributed by atoms with Crippen LogP contribution in [0.1, 0.15) is 77.6 Å². The number of carbonyl (C=O) groups excluding carboxylic acids is 1. The van der Waals surface area contributed by atoms with Crippen molar-refractivity contribution in [1.29, 1.82) is 0 Å². The van der Waals surface area contributed by atoms with E-state index in [0.717, 1.165) is 43.4 Å². The fraction of sp³-hybridized carbons (Fsp3) is 0.815. The summed E-state index contributed by atoms with van der Waals surface area (Å²) in [4.78, 5) is 14.8. The van der Waals surface area contributed by atoms with Crippen LogP contribution in [0.5, 0.6) is 0 Å². The summed E-state index contributed by atoms with van der Waals surface area (Å²) in [5.41, 5.74) is -0.589. The predicted molar refractivity (Wildman–Crippen MR) is 121 cm³/mol. The molecule has 1 N–H and O–H groups in total. The van der Waals surface area contributed by atoms with E-state index in [0.29, 0.717) is 30.1 Å². The molecule has 5 aliphatic rings. The van der Waals surface area contributed by atoms with E-state index in [1.54, 1.807) is 17.2 Å². The maximum absolute atomic E-state index is 13.2. The molecule has 5 nitrogen and oxygen atoms in total. The Labute approximate surface area is 191 Å². The number of ketones is 1. The molecule has 0 aromatic carbocycles. The predicted octanol–water partition coefficient (Wildman–Crippen LogP) is 4.26. The van der Waals surface area contributed by atoms with Crippen molar-refractivity contribution in [2.45, 2.75) is 89.7 Å². The lowest BCUT2D eigenvalue weighted by Crippen LogP contribution is -2.51. The number of aromatic nitrogens is 3. The van der Waals surface area contributed by atoms with Gasteiger partial charge in [0.15, 0.2) is 5.78 Å². The number of carbonyl (C=O) groups is 1. The van der Waals surface area contributed by atoms with Gasteiger partial charge in [0.05, 0.1) is 12.4 Å². The average Bonchev–Trinajstić information content (AvgIpc) is 3.34. The van der Waals surface area contributed by atoms with Gasteiger partial charge in [0.1, 0.15) is 12.1 Å². The van der Waals surface area contributed by atoms with Crippen molar-refractivity contribution >= 4 is 5.78 Å². The van der Waals surface area contributed by atoms with Gasteiger partial charge in [0, 0.05) is 11.8 Å². The van der Waals surface area contributed by atoms with Crippen molar-refractivity contribution in [2.75, 3.05) is 0 Å². The van der Waals surface area contributed by atoms with Crippen molar-refractivity contribution in [1.82, 2.24) is 15.0 Å². The van der Waals surface area contributed by atoms with E-state index >= 15 is 0 Å². The molecule has 1 aromatic heterocycles. The van der Waals surface area contributed by atoms with Crippen LogP contribution in [0, 0.1) is 58.7 Å². The van der Waals surface area contributed by atoms with Crippen LogP contribution >= 0.6 is 0 Å². The van der Waals surface area contributed by atoms with Gasteiger partial charge in [0.2, 0.25) is 0 Å². The van der Waals surface area contributed by atoms with Gasteiger partial charge in [-0.05, 0) is 106 Å².